The topological polar surface area (TPSA) is 179 Å². The van der Waals surface area contributed by atoms with Crippen LogP contribution in [0.2, 0.25) is 0 Å². The van der Waals surface area contributed by atoms with Crippen LogP contribution in [0.5, 0.6) is 0 Å². The number of rotatable bonds is 11. The van der Waals surface area contributed by atoms with E-state index in [1.807, 2.05) is 40.7 Å². The Morgan fingerprint density at radius 3 is 1.94 bits per heavy atom. The summed E-state index contributed by atoms with van der Waals surface area (Å²) in [5.74, 6) is -5.09. The highest BCUT2D eigenvalue weighted by atomic mass is 16.6. The van der Waals surface area contributed by atoms with Crippen LogP contribution in [-0.4, -0.2) is 81.9 Å². The third-order valence-corrected chi connectivity index (χ3v) is 14.0. The molecule has 3 aliphatic carbocycles. The molecular weight excluding hydrogens is 672 g/mol. The Labute approximate surface area is 306 Å². The number of carbonyl (C=O) groups excluding carboxylic acids is 4. The first kappa shape index (κ1) is 40.0. The minimum Gasteiger partial charge on any atom is -0.472 e. The number of fused-ring (bicyclic) bond motifs is 5. The molecule has 0 aromatic carbocycles. The van der Waals surface area contributed by atoms with Crippen molar-refractivity contribution in [2.24, 2.45) is 39.9 Å². The van der Waals surface area contributed by atoms with Crippen molar-refractivity contribution >= 4 is 23.9 Å². The maximum absolute atomic E-state index is 13.8. The summed E-state index contributed by atoms with van der Waals surface area (Å²) in [6.07, 6.45) is 1.46. The molecule has 1 aliphatic heterocycles. The maximum Gasteiger partial charge on any atom is 0.335 e. The zero-order valence-corrected chi connectivity index (χ0v) is 32.0. The fraction of sp³-hybridized carbons (Fsp3) is 0.750. The SMILES string of the molecule is CCC(C)C(O)C(=O)OC1CC2C(C)(C3=CCC(c4ccoc4)C31C)C(OC(=O)C(O)C(C)CC)CC1C(C)(CO)OC(=O)CC(OC(C)=O)C12C. The van der Waals surface area contributed by atoms with Crippen LogP contribution < -0.4 is 0 Å². The van der Waals surface area contributed by atoms with E-state index in [-0.39, 0.29) is 37.0 Å². The lowest BCUT2D eigenvalue weighted by Crippen LogP contribution is -2.70. The molecule has 0 spiro atoms. The van der Waals surface area contributed by atoms with Crippen LogP contribution in [0.25, 0.3) is 0 Å². The van der Waals surface area contributed by atoms with E-state index in [1.165, 1.54) is 6.92 Å². The number of cyclic esters (lactones) is 1. The molecule has 3 N–H and O–H groups in total. The van der Waals surface area contributed by atoms with Gasteiger partial charge in [0.1, 0.15) is 23.9 Å². The van der Waals surface area contributed by atoms with Crippen LogP contribution in [0.15, 0.2) is 34.7 Å². The quantitative estimate of drug-likeness (QED) is 0.158. The first-order chi connectivity index (χ1) is 24.3. The van der Waals surface area contributed by atoms with E-state index < -0.39 is 94.7 Å². The molecule has 1 aromatic heterocycles. The van der Waals surface area contributed by atoms with Gasteiger partial charge in [-0.3, -0.25) is 9.59 Å². The van der Waals surface area contributed by atoms with Crippen molar-refractivity contribution in [1.82, 2.24) is 0 Å². The van der Waals surface area contributed by atoms with E-state index in [4.69, 9.17) is 23.4 Å². The Kier molecular flexibility index (Phi) is 11.2. The number of aliphatic hydroxyl groups is 3. The van der Waals surface area contributed by atoms with Crippen molar-refractivity contribution in [1.29, 1.82) is 0 Å². The van der Waals surface area contributed by atoms with Crippen molar-refractivity contribution in [2.75, 3.05) is 6.61 Å². The Hall–Kier alpha value is -3.22. The highest BCUT2D eigenvalue weighted by molar-refractivity contribution is 5.76. The third-order valence-electron chi connectivity index (χ3n) is 14.0. The smallest absolute Gasteiger partial charge is 0.335 e. The van der Waals surface area contributed by atoms with Gasteiger partial charge in [0.2, 0.25) is 0 Å². The molecule has 0 amide bonds. The summed E-state index contributed by atoms with van der Waals surface area (Å²) in [4.78, 5) is 53.8. The molecular formula is C40H58O12. The average molecular weight is 731 g/mol. The van der Waals surface area contributed by atoms with Crippen LogP contribution >= 0.6 is 0 Å². The molecule has 12 nitrogen and oxygen atoms in total. The van der Waals surface area contributed by atoms with Gasteiger partial charge in [-0.05, 0) is 55.6 Å². The summed E-state index contributed by atoms with van der Waals surface area (Å²) < 4.78 is 30.4. The fourth-order valence-corrected chi connectivity index (χ4v) is 10.5. The van der Waals surface area contributed by atoms with E-state index in [2.05, 4.69) is 6.08 Å². The first-order valence-corrected chi connectivity index (χ1v) is 18.8. The number of esters is 4. The van der Waals surface area contributed by atoms with Gasteiger partial charge in [-0.25, -0.2) is 9.59 Å². The summed E-state index contributed by atoms with van der Waals surface area (Å²) in [5, 5.41) is 33.0. The summed E-state index contributed by atoms with van der Waals surface area (Å²) in [5.41, 5.74) is -2.76. The molecule has 5 rings (SSSR count). The lowest BCUT2D eigenvalue weighted by molar-refractivity contribution is -0.247. The summed E-state index contributed by atoms with van der Waals surface area (Å²) in [6, 6.07) is 1.88. The molecule has 290 valence electrons. The molecule has 0 bridgehead atoms. The maximum atomic E-state index is 13.8. The predicted octanol–water partition coefficient (Wildman–Crippen LogP) is 5.02. The highest BCUT2D eigenvalue weighted by Crippen LogP contribution is 2.73. The predicted molar refractivity (Wildman–Crippen MR) is 187 cm³/mol. The van der Waals surface area contributed by atoms with Gasteiger partial charge in [-0.2, -0.15) is 0 Å². The van der Waals surface area contributed by atoms with Crippen LogP contribution in [0, 0.1) is 39.9 Å². The molecule has 1 aromatic rings. The molecule has 14 atom stereocenters. The van der Waals surface area contributed by atoms with E-state index >= 15 is 0 Å². The number of ether oxygens (including phenoxy) is 4. The van der Waals surface area contributed by atoms with Crippen molar-refractivity contribution in [3.05, 3.63) is 35.8 Å². The van der Waals surface area contributed by atoms with Gasteiger partial charge < -0.3 is 38.7 Å². The van der Waals surface area contributed by atoms with E-state index in [1.54, 1.807) is 33.3 Å². The van der Waals surface area contributed by atoms with Gasteiger partial charge in [0, 0.05) is 35.0 Å². The normalized spacial score (nSPS) is 39.2. The minimum atomic E-state index is -1.48. The van der Waals surface area contributed by atoms with Crippen molar-refractivity contribution in [2.45, 2.75) is 143 Å². The number of furan rings is 1. The fourth-order valence-electron chi connectivity index (χ4n) is 10.5. The van der Waals surface area contributed by atoms with Crippen LogP contribution in [-0.2, 0) is 38.1 Å². The second kappa shape index (κ2) is 14.5. The zero-order chi connectivity index (χ0) is 38.6. The standard InChI is InChI=1S/C40H58O12/c1-10-21(3)33(44)35(46)50-29-17-28-39(8,26-13-12-25(38(26,29)7)24-14-15-48-19-24)30(51-36(47)34(45)22(4)11-2)16-27-37(6,20-41)52-32(43)18-31(40(27,28)9)49-23(5)42/h13-15,19,21-22,25,27-31,33-34,41,44-45H,10-12,16-18,20H2,1-9H3. The van der Waals surface area contributed by atoms with Crippen molar-refractivity contribution in [3.8, 4) is 0 Å². The Balaban J connectivity index is 1.76. The first-order valence-electron chi connectivity index (χ1n) is 18.8. The van der Waals surface area contributed by atoms with E-state index in [0.29, 0.717) is 19.3 Å². The number of carbonyl (C=O) groups is 4. The monoisotopic (exact) mass is 730 g/mol. The third kappa shape index (κ3) is 6.30. The molecule has 2 heterocycles. The largest absolute Gasteiger partial charge is 0.472 e. The molecule has 2 saturated carbocycles. The molecule has 1 saturated heterocycles. The second-order valence-corrected chi connectivity index (χ2v) is 16.7. The number of hydrogen-bond acceptors (Lipinski definition) is 12. The van der Waals surface area contributed by atoms with Crippen LogP contribution in [0.1, 0.15) is 112 Å². The lowest BCUT2D eigenvalue weighted by atomic mass is 9.39. The molecule has 14 unspecified atom stereocenters. The van der Waals surface area contributed by atoms with Gasteiger partial charge in [-0.15, -0.1) is 0 Å². The average Bonchev–Trinajstić information content (AvgIpc) is 3.75. The number of allylic oxidation sites excluding steroid dienone is 1. The van der Waals surface area contributed by atoms with Gasteiger partial charge in [0.25, 0.3) is 0 Å². The molecule has 12 heteroatoms. The van der Waals surface area contributed by atoms with Gasteiger partial charge in [0.05, 0.1) is 25.6 Å². The van der Waals surface area contributed by atoms with Gasteiger partial charge in [0.15, 0.2) is 12.2 Å². The Morgan fingerprint density at radius 2 is 1.44 bits per heavy atom. The zero-order valence-electron chi connectivity index (χ0n) is 32.0. The Morgan fingerprint density at radius 1 is 0.885 bits per heavy atom. The number of hydrogen-bond donors (Lipinski definition) is 3. The summed E-state index contributed by atoms with van der Waals surface area (Å²) >= 11 is 0. The summed E-state index contributed by atoms with van der Waals surface area (Å²) in [6.45, 7) is 15.6. The Bertz CT molecular complexity index is 1540. The van der Waals surface area contributed by atoms with E-state index in [0.717, 1.165) is 11.1 Å². The summed E-state index contributed by atoms with van der Waals surface area (Å²) in [7, 11) is 0. The minimum absolute atomic E-state index is 0.103. The van der Waals surface area contributed by atoms with Gasteiger partial charge in [-0.1, -0.05) is 73.0 Å². The van der Waals surface area contributed by atoms with Crippen molar-refractivity contribution in [3.63, 3.8) is 0 Å². The highest BCUT2D eigenvalue weighted by Gasteiger charge is 2.74. The van der Waals surface area contributed by atoms with Crippen LogP contribution in [0.4, 0.5) is 0 Å². The number of aliphatic hydroxyl groups excluding tert-OH is 3. The lowest BCUT2D eigenvalue weighted by Gasteiger charge is -2.67. The van der Waals surface area contributed by atoms with Gasteiger partial charge >= 0.3 is 23.9 Å². The van der Waals surface area contributed by atoms with E-state index in [9.17, 15) is 34.5 Å². The molecule has 4 aliphatic rings. The second-order valence-electron chi connectivity index (χ2n) is 16.7. The molecule has 52 heavy (non-hydrogen) atoms. The molecule has 3 fully saturated rings. The van der Waals surface area contributed by atoms with Crippen LogP contribution in [0.3, 0.4) is 0 Å². The van der Waals surface area contributed by atoms with Crippen molar-refractivity contribution < 1.29 is 57.9 Å². The molecule has 0 radical (unpaired) electrons.